The molecule has 0 bridgehead atoms. The molecule has 2 saturated heterocycles. The van der Waals surface area contributed by atoms with Crippen LogP contribution in [0.25, 0.3) is 5.76 Å². The van der Waals surface area contributed by atoms with Crippen molar-refractivity contribution in [2.75, 3.05) is 20.3 Å². The van der Waals surface area contributed by atoms with Crippen LogP contribution in [0, 0.1) is 0 Å². The Morgan fingerprint density at radius 2 is 2.07 bits per heavy atom. The average Bonchev–Trinajstić information content (AvgIpc) is 3.46. The number of methoxy groups -OCH3 is 1. The van der Waals surface area contributed by atoms with Gasteiger partial charge in [-0.1, -0.05) is 6.07 Å². The number of Topliss-reactive ketones (excluding diaryl/α,β-unsaturated/α-hetero) is 1. The molecule has 0 unspecified atom stereocenters. The third kappa shape index (κ3) is 3.31. The number of hydrogen-bond donors (Lipinski definition) is 1. The summed E-state index contributed by atoms with van der Waals surface area (Å²) in [6, 6.07) is 9.91. The minimum Gasteiger partial charge on any atom is -0.507 e. The van der Waals surface area contributed by atoms with Crippen molar-refractivity contribution in [3.63, 3.8) is 0 Å². The Hall–Kier alpha value is -2.64. The van der Waals surface area contributed by atoms with Crippen LogP contribution >= 0.6 is 11.3 Å². The van der Waals surface area contributed by atoms with Crippen molar-refractivity contribution in [3.8, 4) is 5.75 Å². The molecule has 0 radical (unpaired) electrons. The van der Waals surface area contributed by atoms with Crippen LogP contribution in [0.5, 0.6) is 5.75 Å². The predicted octanol–water partition coefficient (Wildman–Crippen LogP) is 3.36. The Bertz CT molecular complexity index is 897. The SMILES string of the molecule is COc1ccc(C(O)=C2C(=O)C(=O)N(C[C@H]3CCCO3)[C@H]2c2cccs2)cc1. The van der Waals surface area contributed by atoms with E-state index >= 15 is 0 Å². The molecule has 2 fully saturated rings. The molecule has 1 aromatic heterocycles. The third-order valence-corrected chi connectivity index (χ3v) is 6.07. The van der Waals surface area contributed by atoms with Crippen molar-refractivity contribution >= 4 is 28.8 Å². The molecule has 1 amide bonds. The Balaban J connectivity index is 1.76. The fourth-order valence-electron chi connectivity index (χ4n) is 3.72. The number of thiophene rings is 1. The van der Waals surface area contributed by atoms with Crippen LogP contribution in [0.3, 0.4) is 0 Å². The van der Waals surface area contributed by atoms with Gasteiger partial charge in [0.2, 0.25) is 0 Å². The second-order valence-electron chi connectivity index (χ2n) is 6.83. The summed E-state index contributed by atoms with van der Waals surface area (Å²) in [5.74, 6) is -0.784. The summed E-state index contributed by atoms with van der Waals surface area (Å²) in [4.78, 5) is 28.0. The van der Waals surface area contributed by atoms with Crippen molar-refractivity contribution < 1.29 is 24.2 Å². The summed E-state index contributed by atoms with van der Waals surface area (Å²) >= 11 is 1.46. The number of aliphatic hydroxyl groups is 1. The van der Waals surface area contributed by atoms with E-state index in [1.807, 2.05) is 17.5 Å². The van der Waals surface area contributed by atoms with Crippen LogP contribution in [-0.4, -0.2) is 48.1 Å². The van der Waals surface area contributed by atoms with Gasteiger partial charge < -0.3 is 19.5 Å². The standard InChI is InChI=1S/C21H21NO5S/c1-26-14-8-6-13(7-9-14)19(23)17-18(16-5-3-11-28-16)22(21(25)20(17)24)12-15-4-2-10-27-15/h3,5-9,11,15,18,23H,2,4,10,12H2,1H3/t15-,18+/m1/s1. The van der Waals surface area contributed by atoms with Crippen LogP contribution in [0.2, 0.25) is 0 Å². The summed E-state index contributed by atoms with van der Waals surface area (Å²) in [6.07, 6.45) is 1.73. The first-order valence-electron chi connectivity index (χ1n) is 9.18. The number of benzene rings is 1. The Morgan fingerprint density at radius 1 is 1.29 bits per heavy atom. The van der Waals surface area contributed by atoms with Gasteiger partial charge in [-0.2, -0.15) is 0 Å². The van der Waals surface area contributed by atoms with E-state index in [2.05, 4.69) is 0 Å². The van der Waals surface area contributed by atoms with Gasteiger partial charge >= 0.3 is 0 Å². The number of hydrogen-bond acceptors (Lipinski definition) is 6. The molecule has 4 rings (SSSR count). The van der Waals surface area contributed by atoms with Crippen molar-refractivity contribution in [1.29, 1.82) is 0 Å². The molecule has 0 aliphatic carbocycles. The van der Waals surface area contributed by atoms with Gasteiger partial charge in [-0.3, -0.25) is 9.59 Å². The highest BCUT2D eigenvalue weighted by atomic mass is 32.1. The van der Waals surface area contributed by atoms with Crippen LogP contribution in [0.1, 0.15) is 29.3 Å². The number of aliphatic hydroxyl groups excluding tert-OH is 1. The van der Waals surface area contributed by atoms with Gasteiger partial charge in [0, 0.05) is 23.6 Å². The minimum atomic E-state index is -0.662. The van der Waals surface area contributed by atoms with E-state index in [1.165, 1.54) is 11.3 Å². The van der Waals surface area contributed by atoms with Gasteiger partial charge in [0.25, 0.3) is 11.7 Å². The first-order valence-corrected chi connectivity index (χ1v) is 10.1. The number of ketones is 1. The molecule has 1 N–H and O–H groups in total. The third-order valence-electron chi connectivity index (χ3n) is 5.14. The molecule has 2 aliphatic rings. The zero-order chi connectivity index (χ0) is 19.7. The molecule has 7 heteroatoms. The maximum Gasteiger partial charge on any atom is 0.295 e. The molecule has 0 spiro atoms. The van der Waals surface area contributed by atoms with E-state index in [4.69, 9.17) is 9.47 Å². The van der Waals surface area contributed by atoms with E-state index in [0.29, 0.717) is 24.5 Å². The van der Waals surface area contributed by atoms with Crippen LogP contribution in [-0.2, 0) is 14.3 Å². The number of carbonyl (C=O) groups is 2. The number of likely N-dealkylation sites (tertiary alicyclic amines) is 1. The summed E-state index contributed by atoms with van der Waals surface area (Å²) in [5, 5.41) is 12.8. The average molecular weight is 399 g/mol. The maximum atomic E-state index is 12.9. The van der Waals surface area contributed by atoms with E-state index in [9.17, 15) is 14.7 Å². The number of carbonyl (C=O) groups excluding carboxylic acids is 2. The molecular weight excluding hydrogens is 378 g/mol. The van der Waals surface area contributed by atoms with Crippen LogP contribution in [0.15, 0.2) is 47.4 Å². The lowest BCUT2D eigenvalue weighted by Gasteiger charge is -2.26. The lowest BCUT2D eigenvalue weighted by molar-refractivity contribution is -0.140. The highest BCUT2D eigenvalue weighted by Crippen LogP contribution is 2.41. The quantitative estimate of drug-likeness (QED) is 0.474. The largest absolute Gasteiger partial charge is 0.507 e. The molecule has 0 saturated carbocycles. The fraction of sp³-hybridized carbons (Fsp3) is 0.333. The molecule has 146 valence electrons. The van der Waals surface area contributed by atoms with Crippen molar-refractivity contribution in [2.45, 2.75) is 25.0 Å². The van der Waals surface area contributed by atoms with E-state index in [1.54, 1.807) is 36.3 Å². The van der Waals surface area contributed by atoms with Gasteiger partial charge in [-0.05, 0) is 48.6 Å². The van der Waals surface area contributed by atoms with E-state index in [0.717, 1.165) is 17.7 Å². The van der Waals surface area contributed by atoms with E-state index < -0.39 is 17.7 Å². The first-order chi connectivity index (χ1) is 13.6. The molecule has 1 aromatic carbocycles. The summed E-state index contributed by atoms with van der Waals surface area (Å²) < 4.78 is 10.8. The van der Waals surface area contributed by atoms with Crippen LogP contribution in [0.4, 0.5) is 0 Å². The molecule has 2 aromatic rings. The molecule has 28 heavy (non-hydrogen) atoms. The Kier molecular flexibility index (Phi) is 5.19. The molecule has 2 aliphatic heterocycles. The zero-order valence-electron chi connectivity index (χ0n) is 15.5. The summed E-state index contributed by atoms with van der Waals surface area (Å²) in [5.41, 5.74) is 0.591. The van der Waals surface area contributed by atoms with Gasteiger partial charge in [0.05, 0.1) is 24.8 Å². The maximum absolute atomic E-state index is 12.9. The highest BCUT2D eigenvalue weighted by Gasteiger charge is 2.47. The number of rotatable bonds is 5. The molecule has 2 atom stereocenters. The molecule has 6 nitrogen and oxygen atoms in total. The first kappa shape index (κ1) is 18.7. The lowest BCUT2D eigenvalue weighted by Crippen LogP contribution is -2.36. The fourth-order valence-corrected chi connectivity index (χ4v) is 4.57. The lowest BCUT2D eigenvalue weighted by atomic mass is 9.99. The normalized spacial score (nSPS) is 24.1. The molecule has 3 heterocycles. The van der Waals surface area contributed by atoms with Crippen molar-refractivity contribution in [2.24, 2.45) is 0 Å². The van der Waals surface area contributed by atoms with Gasteiger partial charge in [0.15, 0.2) is 0 Å². The monoisotopic (exact) mass is 399 g/mol. The smallest absolute Gasteiger partial charge is 0.295 e. The highest BCUT2D eigenvalue weighted by molar-refractivity contribution is 7.10. The minimum absolute atomic E-state index is 0.0818. The number of ether oxygens (including phenoxy) is 2. The molecular formula is C21H21NO5S. The summed E-state index contributed by atoms with van der Waals surface area (Å²) in [7, 11) is 1.56. The topological polar surface area (TPSA) is 76.1 Å². The second kappa shape index (κ2) is 7.77. The van der Waals surface area contributed by atoms with Crippen molar-refractivity contribution in [1.82, 2.24) is 4.90 Å². The van der Waals surface area contributed by atoms with E-state index in [-0.39, 0.29) is 17.4 Å². The van der Waals surface area contributed by atoms with Gasteiger partial charge in [-0.15, -0.1) is 11.3 Å². The Morgan fingerprint density at radius 3 is 2.68 bits per heavy atom. The second-order valence-corrected chi connectivity index (χ2v) is 7.81. The van der Waals surface area contributed by atoms with Gasteiger partial charge in [-0.25, -0.2) is 0 Å². The van der Waals surface area contributed by atoms with Crippen LogP contribution < -0.4 is 4.74 Å². The number of amides is 1. The van der Waals surface area contributed by atoms with Crippen molar-refractivity contribution in [3.05, 3.63) is 57.8 Å². The predicted molar refractivity (Wildman–Crippen MR) is 105 cm³/mol. The number of nitrogens with zero attached hydrogens (tertiary/aromatic N) is 1. The zero-order valence-corrected chi connectivity index (χ0v) is 16.3. The Labute approximate surface area is 167 Å². The van der Waals surface area contributed by atoms with Gasteiger partial charge in [0.1, 0.15) is 11.5 Å². The summed E-state index contributed by atoms with van der Waals surface area (Å²) in [6.45, 7) is 1.01.